The summed E-state index contributed by atoms with van der Waals surface area (Å²) in [7, 11) is 0. The Balaban J connectivity index is 0.00000324. The lowest BCUT2D eigenvalue weighted by Crippen LogP contribution is -2.48. The van der Waals surface area contributed by atoms with Gasteiger partial charge in [-0.15, -0.1) is 12.4 Å². The van der Waals surface area contributed by atoms with E-state index >= 15 is 0 Å². The monoisotopic (exact) mass is 500 g/mol. The van der Waals surface area contributed by atoms with E-state index in [1.54, 1.807) is 53.4 Å². The highest BCUT2D eigenvalue weighted by atomic mass is 35.5. The number of anilines is 3. The zero-order valence-electron chi connectivity index (χ0n) is 17.9. The number of amides is 3. The first-order chi connectivity index (χ1) is 15.9. The number of hydrogen-bond acceptors (Lipinski definition) is 6. The summed E-state index contributed by atoms with van der Waals surface area (Å²) in [6, 6.07) is 12.9. The van der Waals surface area contributed by atoms with E-state index in [0.29, 0.717) is 35.1 Å². The molecule has 0 aliphatic carbocycles. The topological polar surface area (TPSA) is 130 Å². The van der Waals surface area contributed by atoms with Crippen molar-refractivity contribution in [2.45, 2.75) is 18.9 Å². The number of rotatable bonds is 5. The molecule has 1 aliphatic heterocycles. The van der Waals surface area contributed by atoms with Crippen molar-refractivity contribution in [3.05, 3.63) is 77.3 Å². The highest BCUT2D eigenvalue weighted by Crippen LogP contribution is 2.23. The van der Waals surface area contributed by atoms with Crippen LogP contribution in [0.5, 0.6) is 0 Å². The fourth-order valence-corrected chi connectivity index (χ4v) is 3.59. The predicted octanol–water partition coefficient (Wildman–Crippen LogP) is 3.51. The van der Waals surface area contributed by atoms with Crippen LogP contribution in [0.2, 0.25) is 5.02 Å². The van der Waals surface area contributed by atoms with E-state index in [9.17, 15) is 14.4 Å². The Labute approximate surface area is 207 Å². The van der Waals surface area contributed by atoms with Gasteiger partial charge in [-0.3, -0.25) is 14.4 Å². The van der Waals surface area contributed by atoms with Crippen LogP contribution in [0.4, 0.5) is 17.1 Å². The van der Waals surface area contributed by atoms with Gasteiger partial charge in [0.05, 0.1) is 6.04 Å². The lowest BCUT2D eigenvalue weighted by Gasteiger charge is -2.30. The van der Waals surface area contributed by atoms with Crippen LogP contribution in [-0.4, -0.2) is 40.3 Å². The number of halogens is 2. The Bertz CT molecular complexity index is 1190. The smallest absolute Gasteiger partial charge is 0.276 e. The maximum atomic E-state index is 12.8. The average Bonchev–Trinajstić information content (AvgIpc) is 2.83. The number of nitrogens with two attached hydrogens (primary N) is 1. The summed E-state index contributed by atoms with van der Waals surface area (Å²) in [5.41, 5.74) is 7.31. The van der Waals surface area contributed by atoms with Crippen LogP contribution in [0.3, 0.4) is 0 Å². The van der Waals surface area contributed by atoms with Gasteiger partial charge in [0, 0.05) is 41.0 Å². The Morgan fingerprint density at radius 3 is 1.94 bits per heavy atom. The fourth-order valence-electron chi connectivity index (χ4n) is 3.47. The third-order valence-electron chi connectivity index (χ3n) is 5.15. The van der Waals surface area contributed by atoms with Crippen molar-refractivity contribution in [2.24, 2.45) is 5.73 Å². The van der Waals surface area contributed by atoms with Crippen molar-refractivity contribution in [3.63, 3.8) is 0 Å². The first-order valence-corrected chi connectivity index (χ1v) is 10.7. The van der Waals surface area contributed by atoms with Crippen molar-refractivity contribution in [1.82, 2.24) is 9.97 Å². The maximum Gasteiger partial charge on any atom is 0.276 e. The molecule has 34 heavy (non-hydrogen) atoms. The molecule has 0 radical (unpaired) electrons. The van der Waals surface area contributed by atoms with Crippen molar-refractivity contribution in [3.8, 4) is 0 Å². The van der Waals surface area contributed by atoms with Gasteiger partial charge in [0.1, 0.15) is 0 Å². The van der Waals surface area contributed by atoms with Crippen molar-refractivity contribution in [1.29, 1.82) is 0 Å². The first-order valence-electron chi connectivity index (χ1n) is 10.3. The van der Waals surface area contributed by atoms with Gasteiger partial charge < -0.3 is 21.3 Å². The Kier molecular flexibility index (Phi) is 8.17. The molecule has 1 aliphatic rings. The van der Waals surface area contributed by atoms with Crippen LogP contribution >= 0.6 is 24.0 Å². The highest BCUT2D eigenvalue weighted by Gasteiger charge is 2.26. The quantitative estimate of drug-likeness (QED) is 0.491. The van der Waals surface area contributed by atoms with E-state index in [1.165, 1.54) is 12.4 Å². The fraction of sp³-hybridized carbons (Fsp3) is 0.174. The van der Waals surface area contributed by atoms with E-state index < -0.39 is 17.9 Å². The third kappa shape index (κ3) is 5.69. The van der Waals surface area contributed by atoms with Gasteiger partial charge in [0.25, 0.3) is 11.8 Å². The molecule has 9 nitrogen and oxygen atoms in total. The number of nitrogens with zero attached hydrogens (tertiary/aromatic N) is 3. The number of nitrogens with one attached hydrogen (secondary N) is 2. The van der Waals surface area contributed by atoms with Gasteiger partial charge in [-0.1, -0.05) is 11.6 Å². The van der Waals surface area contributed by atoms with Crippen LogP contribution < -0.4 is 21.3 Å². The molecular formula is C23H22Cl2N6O3. The molecule has 11 heteroatoms. The Hall–Kier alpha value is -3.53. The molecule has 1 aromatic heterocycles. The van der Waals surface area contributed by atoms with E-state index in [-0.39, 0.29) is 29.7 Å². The summed E-state index contributed by atoms with van der Waals surface area (Å²) < 4.78 is 0. The Morgan fingerprint density at radius 2 is 1.41 bits per heavy atom. The summed E-state index contributed by atoms with van der Waals surface area (Å²) in [5.74, 6) is -1.28. The molecule has 4 rings (SSSR count). The molecule has 2 heterocycles. The summed E-state index contributed by atoms with van der Waals surface area (Å²) in [4.78, 5) is 47.5. The lowest BCUT2D eigenvalue weighted by atomic mass is 10.0. The van der Waals surface area contributed by atoms with Gasteiger partial charge in [0.15, 0.2) is 11.4 Å². The van der Waals surface area contributed by atoms with Crippen molar-refractivity contribution in [2.75, 3.05) is 22.1 Å². The van der Waals surface area contributed by atoms with Gasteiger partial charge >= 0.3 is 0 Å². The average molecular weight is 501 g/mol. The number of benzene rings is 2. The molecule has 2 aromatic carbocycles. The molecule has 4 N–H and O–H groups in total. The predicted molar refractivity (Wildman–Crippen MR) is 133 cm³/mol. The lowest BCUT2D eigenvalue weighted by molar-refractivity contribution is -0.120. The van der Waals surface area contributed by atoms with Crippen LogP contribution in [0.15, 0.2) is 60.9 Å². The number of piperidine rings is 1. The van der Waals surface area contributed by atoms with E-state index in [4.69, 9.17) is 17.3 Å². The van der Waals surface area contributed by atoms with Crippen LogP contribution in [0.25, 0.3) is 0 Å². The first kappa shape index (κ1) is 25.1. The summed E-state index contributed by atoms with van der Waals surface area (Å²) in [6.45, 7) is 0.601. The number of hydrogen-bond donors (Lipinski definition) is 3. The Morgan fingerprint density at radius 1 is 0.912 bits per heavy atom. The summed E-state index contributed by atoms with van der Waals surface area (Å²) in [5, 5.41) is 5.91. The molecule has 0 saturated carbocycles. The van der Waals surface area contributed by atoms with Crippen molar-refractivity contribution >= 4 is 58.8 Å². The van der Waals surface area contributed by atoms with Crippen LogP contribution in [-0.2, 0) is 4.79 Å². The molecule has 1 unspecified atom stereocenters. The molecule has 176 valence electrons. The zero-order chi connectivity index (χ0) is 23.4. The molecule has 1 saturated heterocycles. The summed E-state index contributed by atoms with van der Waals surface area (Å²) >= 11 is 5.86. The molecule has 3 amide bonds. The van der Waals surface area contributed by atoms with E-state index in [1.807, 2.05) is 0 Å². The minimum Gasteiger partial charge on any atom is -0.321 e. The second kappa shape index (κ2) is 11.1. The summed E-state index contributed by atoms with van der Waals surface area (Å²) in [6.07, 6.45) is 4.18. The van der Waals surface area contributed by atoms with Gasteiger partial charge in [0.2, 0.25) is 5.91 Å². The molecule has 1 atom stereocenters. The van der Waals surface area contributed by atoms with Crippen molar-refractivity contribution < 1.29 is 14.4 Å². The maximum absolute atomic E-state index is 12.8. The number of carbonyl (C=O) groups excluding carboxylic acids is 3. The molecule has 1 fully saturated rings. The SMILES string of the molecule is Cl.NC1CCCN(c2ccc(NC(=O)c3nccnc3C(=O)Nc3ccc(Cl)cc3)cc2)C1=O. The van der Waals surface area contributed by atoms with Crippen LogP contribution in [0, 0.1) is 0 Å². The highest BCUT2D eigenvalue weighted by molar-refractivity contribution is 6.30. The van der Waals surface area contributed by atoms with Gasteiger partial charge in [-0.05, 0) is 61.4 Å². The minimum atomic E-state index is -0.590. The van der Waals surface area contributed by atoms with Gasteiger partial charge in [-0.2, -0.15) is 0 Å². The third-order valence-corrected chi connectivity index (χ3v) is 5.40. The second-order valence-corrected chi connectivity index (χ2v) is 7.89. The minimum absolute atomic E-state index is 0. The van der Waals surface area contributed by atoms with E-state index in [2.05, 4.69) is 20.6 Å². The van der Waals surface area contributed by atoms with Gasteiger partial charge in [-0.25, -0.2) is 9.97 Å². The molecular weight excluding hydrogens is 479 g/mol. The largest absolute Gasteiger partial charge is 0.321 e. The standard InChI is InChI=1S/C23H21ClN6O3.ClH/c24-14-3-5-15(6-4-14)28-21(31)19-20(27-12-11-26-19)22(32)29-16-7-9-17(10-8-16)30-13-1-2-18(25)23(30)33;/h3-12,18H,1-2,13,25H2,(H,28,31)(H,29,32);1H. The van der Waals surface area contributed by atoms with E-state index in [0.717, 1.165) is 6.42 Å². The molecule has 0 bridgehead atoms. The number of aromatic nitrogens is 2. The van der Waals surface area contributed by atoms with Crippen LogP contribution in [0.1, 0.15) is 33.8 Å². The normalized spacial score (nSPS) is 15.3. The zero-order valence-corrected chi connectivity index (χ0v) is 19.5. The molecule has 0 spiro atoms. The number of carbonyl (C=O) groups is 3. The second-order valence-electron chi connectivity index (χ2n) is 7.45. The molecule has 3 aromatic rings.